The minimum atomic E-state index is -1.77. The van der Waals surface area contributed by atoms with Crippen molar-refractivity contribution in [1.29, 1.82) is 0 Å². The second kappa shape index (κ2) is 14.3. The van der Waals surface area contributed by atoms with Crippen LogP contribution in [0.1, 0.15) is 32.1 Å². The number of nitrogens with two attached hydrogens (primary N) is 5. The zero-order valence-electron chi connectivity index (χ0n) is 23.6. The molecule has 4 aliphatic rings. The van der Waals surface area contributed by atoms with E-state index in [1.807, 2.05) is 0 Å². The molecule has 2 heterocycles. The lowest BCUT2D eigenvalue weighted by molar-refractivity contribution is -0.314. The molecule has 0 aromatic heterocycles. The van der Waals surface area contributed by atoms with Crippen molar-refractivity contribution >= 4 is 5.91 Å². The Kier molecular flexibility index (Phi) is 11.5. The molecule has 0 aromatic rings. The molecule has 2 aliphatic heterocycles. The zero-order chi connectivity index (χ0) is 30.8. The molecule has 17 nitrogen and oxygen atoms in total. The first-order valence-electron chi connectivity index (χ1n) is 14.6. The molecule has 0 aromatic carbocycles. The summed E-state index contributed by atoms with van der Waals surface area (Å²) in [6.45, 7) is 1.25. The maximum atomic E-state index is 12.9. The highest BCUT2D eigenvalue weighted by atomic mass is 16.7. The minimum absolute atomic E-state index is 0.0242. The van der Waals surface area contributed by atoms with Gasteiger partial charge in [0.2, 0.25) is 0 Å². The van der Waals surface area contributed by atoms with Crippen LogP contribution in [0.3, 0.4) is 0 Å². The van der Waals surface area contributed by atoms with E-state index in [2.05, 4.69) is 10.6 Å². The number of aliphatic hydroxyl groups excluding tert-OH is 4. The van der Waals surface area contributed by atoms with Crippen molar-refractivity contribution in [2.75, 3.05) is 26.2 Å². The highest BCUT2D eigenvalue weighted by Gasteiger charge is 2.59. The van der Waals surface area contributed by atoms with Gasteiger partial charge in [-0.3, -0.25) is 4.79 Å². The third-order valence-electron chi connectivity index (χ3n) is 8.66. The monoisotopic (exact) mass is 607 g/mol. The van der Waals surface area contributed by atoms with Crippen LogP contribution in [0.2, 0.25) is 0 Å². The van der Waals surface area contributed by atoms with Gasteiger partial charge in [-0.05, 0) is 38.8 Å². The Morgan fingerprint density at radius 2 is 1.64 bits per heavy atom. The second-order valence-corrected chi connectivity index (χ2v) is 11.9. The van der Waals surface area contributed by atoms with Crippen molar-refractivity contribution in [1.82, 2.24) is 10.6 Å². The third kappa shape index (κ3) is 7.39. The average Bonchev–Trinajstić information content (AvgIpc) is 3.59. The predicted molar refractivity (Wildman–Crippen MR) is 146 cm³/mol. The van der Waals surface area contributed by atoms with Gasteiger partial charge in [-0.15, -0.1) is 0 Å². The van der Waals surface area contributed by atoms with Gasteiger partial charge in [0.25, 0.3) is 5.91 Å². The smallest absolute Gasteiger partial charge is 0.253 e. The quantitative estimate of drug-likeness (QED) is 0.0917. The van der Waals surface area contributed by atoms with Gasteiger partial charge >= 0.3 is 0 Å². The summed E-state index contributed by atoms with van der Waals surface area (Å²) in [5, 5.41) is 58.4. The molecule has 2 aliphatic carbocycles. The lowest BCUT2D eigenvalue weighted by atomic mass is 9.83. The Labute approximate surface area is 244 Å². The summed E-state index contributed by atoms with van der Waals surface area (Å²) < 4.78 is 23.8. The molecule has 0 spiro atoms. The van der Waals surface area contributed by atoms with E-state index in [9.17, 15) is 30.3 Å². The van der Waals surface area contributed by atoms with Crippen LogP contribution in [0.25, 0.3) is 0 Å². The van der Waals surface area contributed by atoms with Crippen LogP contribution < -0.4 is 39.3 Å². The van der Waals surface area contributed by atoms with Crippen LogP contribution in [0.5, 0.6) is 0 Å². The summed E-state index contributed by atoms with van der Waals surface area (Å²) in [5.74, 6) is -0.763. The van der Waals surface area contributed by atoms with Crippen molar-refractivity contribution < 1.29 is 49.3 Å². The fraction of sp³-hybridized carbons (Fsp3) is 0.960. The molecule has 2 saturated carbocycles. The maximum Gasteiger partial charge on any atom is 0.253 e. The Bertz CT molecular complexity index is 894. The molecule has 17 N–H and O–H groups in total. The fourth-order valence-corrected chi connectivity index (χ4v) is 5.75. The molecule has 4 fully saturated rings. The second-order valence-electron chi connectivity index (χ2n) is 11.9. The molecule has 0 radical (unpaired) electrons. The molecule has 17 heteroatoms. The largest absolute Gasteiger partial charge is 0.394 e. The molecule has 3 unspecified atom stereocenters. The Hall–Kier alpha value is -1.13. The molecule has 0 bridgehead atoms. The van der Waals surface area contributed by atoms with E-state index < -0.39 is 97.5 Å². The number of hydrogen-bond acceptors (Lipinski definition) is 16. The average molecular weight is 608 g/mol. The minimum Gasteiger partial charge on any atom is -0.394 e. The first-order valence-corrected chi connectivity index (χ1v) is 14.6. The molecule has 42 heavy (non-hydrogen) atoms. The van der Waals surface area contributed by atoms with Gasteiger partial charge < -0.3 is 83.8 Å². The van der Waals surface area contributed by atoms with Gasteiger partial charge in [0.15, 0.2) is 18.2 Å². The SMILES string of the molecule is NCCCNC[C@@H]1CC[C@@H](N)[C@@H](OC2[C@@H](N)C[C@@H](NC(=O)C3(O)CC3N)[C@H](O[C@H]3O[C@H](CO)[C@@H](O)[C@H](N)[C@H]3O)[C@H]2O)O1. The van der Waals surface area contributed by atoms with Crippen LogP contribution in [-0.2, 0) is 23.7 Å². The van der Waals surface area contributed by atoms with Gasteiger partial charge in [-0.1, -0.05) is 0 Å². The topological polar surface area (TPSA) is 309 Å². The van der Waals surface area contributed by atoms with Crippen LogP contribution in [0, 0.1) is 0 Å². The lowest BCUT2D eigenvalue weighted by Gasteiger charge is -2.48. The third-order valence-corrected chi connectivity index (χ3v) is 8.66. The number of hydrogen-bond donors (Lipinski definition) is 12. The van der Waals surface area contributed by atoms with E-state index in [4.69, 9.17) is 47.6 Å². The van der Waals surface area contributed by atoms with Crippen LogP contribution in [-0.4, -0.2) is 149 Å². The van der Waals surface area contributed by atoms with Crippen LogP contribution in [0.4, 0.5) is 0 Å². The summed E-state index contributed by atoms with van der Waals surface area (Å²) in [5.41, 5.74) is 28.2. The number of carbonyl (C=O) groups excluding carboxylic acids is 1. The molecular weight excluding hydrogens is 558 g/mol. The highest BCUT2D eigenvalue weighted by Crippen LogP contribution is 2.36. The van der Waals surface area contributed by atoms with E-state index in [0.717, 1.165) is 13.0 Å². The molecule has 1 amide bonds. The summed E-state index contributed by atoms with van der Waals surface area (Å²) in [6, 6.07) is -4.30. The van der Waals surface area contributed by atoms with Crippen LogP contribution >= 0.6 is 0 Å². The van der Waals surface area contributed by atoms with Crippen molar-refractivity contribution in [3.63, 3.8) is 0 Å². The summed E-state index contributed by atoms with van der Waals surface area (Å²) in [4.78, 5) is 12.9. The van der Waals surface area contributed by atoms with Crippen molar-refractivity contribution in [2.24, 2.45) is 28.7 Å². The normalized spacial score (nSPS) is 47.7. The first kappa shape index (κ1) is 33.8. The number of amides is 1. The van der Waals surface area contributed by atoms with E-state index >= 15 is 0 Å². The Morgan fingerprint density at radius 1 is 0.952 bits per heavy atom. The van der Waals surface area contributed by atoms with Gasteiger partial charge in [0.05, 0.1) is 30.8 Å². The summed E-state index contributed by atoms with van der Waals surface area (Å²) >= 11 is 0. The van der Waals surface area contributed by atoms with Crippen molar-refractivity contribution in [3.05, 3.63) is 0 Å². The number of aliphatic hydroxyl groups is 5. The molecular formula is C25H49N7O10. The van der Waals surface area contributed by atoms with E-state index in [1.165, 1.54) is 0 Å². The summed E-state index contributed by atoms with van der Waals surface area (Å²) in [7, 11) is 0. The van der Waals surface area contributed by atoms with Gasteiger partial charge in [-0.25, -0.2) is 0 Å². The molecule has 15 atom stereocenters. The maximum absolute atomic E-state index is 12.9. The summed E-state index contributed by atoms with van der Waals surface area (Å²) in [6.07, 6.45) is -8.37. The standard InChI is InChI=1S/C25H49N7O10/c26-4-1-5-31-8-10-2-3-11(27)22(39-10)41-20-12(28)6-13(32-24(37)25(38)7-15(25)29)21(19(20)36)42-23-18(35)16(30)17(34)14(9-33)40-23/h10-23,31,33-36,38H,1-9,26-30H2,(H,32,37)/t10-,11+,12-,13+,14+,15?,16-,17+,18+,19-,20?,21-,22+,23+,25?/m0/s1. The van der Waals surface area contributed by atoms with Gasteiger partial charge in [-0.2, -0.15) is 0 Å². The lowest BCUT2D eigenvalue weighted by Crippen LogP contribution is -2.69. The molecule has 2 saturated heterocycles. The fourth-order valence-electron chi connectivity index (χ4n) is 5.75. The van der Waals surface area contributed by atoms with E-state index in [1.54, 1.807) is 0 Å². The van der Waals surface area contributed by atoms with Crippen molar-refractivity contribution in [2.45, 2.75) is 123 Å². The van der Waals surface area contributed by atoms with Crippen LogP contribution in [0.15, 0.2) is 0 Å². The number of carbonyl (C=O) groups is 1. The van der Waals surface area contributed by atoms with E-state index in [0.29, 0.717) is 25.9 Å². The van der Waals surface area contributed by atoms with Gasteiger partial charge in [0.1, 0.15) is 36.6 Å². The Morgan fingerprint density at radius 3 is 2.29 bits per heavy atom. The Balaban J connectivity index is 1.49. The molecule has 244 valence electrons. The highest BCUT2D eigenvalue weighted by molar-refractivity contribution is 5.89. The van der Waals surface area contributed by atoms with Gasteiger partial charge in [0, 0.05) is 25.0 Å². The zero-order valence-corrected chi connectivity index (χ0v) is 23.6. The predicted octanol–water partition coefficient (Wildman–Crippen LogP) is -6.67. The number of nitrogens with one attached hydrogen (secondary N) is 2. The molecule has 4 rings (SSSR count). The number of rotatable bonds is 12. The first-order chi connectivity index (χ1) is 19.9. The van der Waals surface area contributed by atoms with Crippen molar-refractivity contribution in [3.8, 4) is 0 Å². The number of ether oxygens (including phenoxy) is 4. The van der Waals surface area contributed by atoms with E-state index in [-0.39, 0.29) is 18.9 Å².